The smallest absolute Gasteiger partial charge is 0.180 e. The van der Waals surface area contributed by atoms with E-state index in [1.54, 1.807) is 6.20 Å². The Hall–Kier alpha value is -0.870. The molecule has 0 radical (unpaired) electrons. The normalized spacial score (nSPS) is 11.9. The Morgan fingerprint density at radius 3 is 2.92 bits per heavy atom. The molecule has 0 saturated heterocycles. The van der Waals surface area contributed by atoms with Crippen LogP contribution in [0.4, 0.5) is 0 Å². The Bertz CT molecular complexity index is 232. The maximum atomic E-state index is 8.78. The molecule has 1 aromatic rings. The lowest BCUT2D eigenvalue weighted by molar-refractivity contribution is 0.227. The molecular weight excluding hydrogens is 168 g/mol. The first-order valence-electron chi connectivity index (χ1n) is 4.37. The second kappa shape index (κ2) is 4.39. The monoisotopic (exact) mass is 184 g/mol. The molecule has 0 aromatic carbocycles. The van der Waals surface area contributed by atoms with E-state index < -0.39 is 0 Å². The predicted octanol–water partition coefficient (Wildman–Crippen LogP) is 0.925. The molecule has 0 aliphatic carbocycles. The van der Waals surface area contributed by atoms with Gasteiger partial charge in [-0.3, -0.25) is 0 Å². The van der Waals surface area contributed by atoms with E-state index in [1.807, 2.05) is 13.8 Å². The zero-order chi connectivity index (χ0) is 9.73. The molecule has 1 aromatic heterocycles. The number of nitrogens with one attached hydrogen (secondary N) is 1. The SMILES string of the molecule is CC(C)(CCO)NCc1cnco1. The van der Waals surface area contributed by atoms with Gasteiger partial charge in [-0.2, -0.15) is 0 Å². The van der Waals surface area contributed by atoms with Crippen molar-refractivity contribution in [1.29, 1.82) is 0 Å². The highest BCUT2D eigenvalue weighted by molar-refractivity contribution is 4.90. The van der Waals surface area contributed by atoms with Crippen LogP contribution in [0, 0.1) is 0 Å². The molecule has 0 bridgehead atoms. The molecule has 2 N–H and O–H groups in total. The van der Waals surface area contributed by atoms with Crippen molar-refractivity contribution in [2.24, 2.45) is 0 Å². The highest BCUT2D eigenvalue weighted by Crippen LogP contribution is 2.08. The summed E-state index contributed by atoms with van der Waals surface area (Å²) in [7, 11) is 0. The summed E-state index contributed by atoms with van der Waals surface area (Å²) < 4.78 is 5.07. The highest BCUT2D eigenvalue weighted by Gasteiger charge is 2.16. The molecule has 13 heavy (non-hydrogen) atoms. The second-order valence-corrected chi connectivity index (χ2v) is 3.68. The summed E-state index contributed by atoms with van der Waals surface area (Å²) in [6.45, 7) is 4.92. The van der Waals surface area contributed by atoms with E-state index in [1.165, 1.54) is 6.39 Å². The number of nitrogens with zero attached hydrogens (tertiary/aromatic N) is 1. The lowest BCUT2D eigenvalue weighted by Gasteiger charge is -2.24. The van der Waals surface area contributed by atoms with E-state index in [-0.39, 0.29) is 12.1 Å². The van der Waals surface area contributed by atoms with Gasteiger partial charge in [-0.1, -0.05) is 0 Å². The largest absolute Gasteiger partial charge is 0.447 e. The van der Waals surface area contributed by atoms with Crippen molar-refractivity contribution in [3.63, 3.8) is 0 Å². The van der Waals surface area contributed by atoms with Crippen LogP contribution >= 0.6 is 0 Å². The van der Waals surface area contributed by atoms with E-state index in [0.29, 0.717) is 6.54 Å². The van der Waals surface area contributed by atoms with Crippen LogP contribution in [0.2, 0.25) is 0 Å². The van der Waals surface area contributed by atoms with Crippen molar-refractivity contribution in [3.05, 3.63) is 18.4 Å². The summed E-state index contributed by atoms with van der Waals surface area (Å²) in [6, 6.07) is 0. The third kappa shape index (κ3) is 3.57. The molecule has 74 valence electrons. The van der Waals surface area contributed by atoms with Crippen molar-refractivity contribution in [1.82, 2.24) is 10.3 Å². The van der Waals surface area contributed by atoms with Gasteiger partial charge in [-0.15, -0.1) is 0 Å². The minimum atomic E-state index is -0.0679. The van der Waals surface area contributed by atoms with Crippen molar-refractivity contribution >= 4 is 0 Å². The van der Waals surface area contributed by atoms with Crippen LogP contribution < -0.4 is 5.32 Å². The average Bonchev–Trinajstić information content (AvgIpc) is 2.52. The highest BCUT2D eigenvalue weighted by atomic mass is 16.3. The molecule has 4 nitrogen and oxygen atoms in total. The van der Waals surface area contributed by atoms with E-state index in [4.69, 9.17) is 9.52 Å². The average molecular weight is 184 g/mol. The van der Waals surface area contributed by atoms with E-state index >= 15 is 0 Å². The molecule has 0 amide bonds. The maximum absolute atomic E-state index is 8.78. The fraction of sp³-hybridized carbons (Fsp3) is 0.667. The summed E-state index contributed by atoms with van der Waals surface area (Å²) in [6.07, 6.45) is 3.82. The van der Waals surface area contributed by atoms with Gasteiger partial charge in [0.2, 0.25) is 0 Å². The first-order chi connectivity index (χ1) is 6.14. The van der Waals surface area contributed by atoms with Crippen LogP contribution in [-0.4, -0.2) is 22.2 Å². The van der Waals surface area contributed by atoms with Gasteiger partial charge in [0, 0.05) is 12.1 Å². The second-order valence-electron chi connectivity index (χ2n) is 3.68. The van der Waals surface area contributed by atoms with Crippen LogP contribution in [0.3, 0.4) is 0 Å². The standard InChI is InChI=1S/C9H16N2O2/c1-9(2,3-4-12)11-6-8-5-10-7-13-8/h5,7,11-12H,3-4,6H2,1-2H3. The molecule has 4 heteroatoms. The Kier molecular flexibility index (Phi) is 3.45. The maximum Gasteiger partial charge on any atom is 0.180 e. The molecule has 0 saturated carbocycles. The van der Waals surface area contributed by atoms with Crippen LogP contribution in [0.15, 0.2) is 17.0 Å². The third-order valence-electron chi connectivity index (χ3n) is 1.96. The molecule has 1 rings (SSSR count). The van der Waals surface area contributed by atoms with Gasteiger partial charge in [-0.25, -0.2) is 4.98 Å². The van der Waals surface area contributed by atoms with Crippen molar-refractivity contribution in [2.75, 3.05) is 6.61 Å². The minimum absolute atomic E-state index is 0.0679. The molecule has 0 unspecified atom stereocenters. The third-order valence-corrected chi connectivity index (χ3v) is 1.96. The van der Waals surface area contributed by atoms with Gasteiger partial charge >= 0.3 is 0 Å². The molecule has 1 heterocycles. The van der Waals surface area contributed by atoms with Gasteiger partial charge in [0.05, 0.1) is 12.7 Å². The summed E-state index contributed by atoms with van der Waals surface area (Å²) in [5.74, 6) is 0.811. The molecule has 0 aliphatic rings. The van der Waals surface area contributed by atoms with Crippen LogP contribution in [-0.2, 0) is 6.54 Å². The fourth-order valence-electron chi connectivity index (χ4n) is 1.02. The molecule has 0 spiro atoms. The predicted molar refractivity (Wildman–Crippen MR) is 49.1 cm³/mol. The van der Waals surface area contributed by atoms with Gasteiger partial charge < -0.3 is 14.8 Å². The number of oxazole rings is 1. The number of aliphatic hydroxyl groups excluding tert-OH is 1. The van der Waals surface area contributed by atoms with Gasteiger partial charge in [0.25, 0.3) is 0 Å². The Balaban J connectivity index is 2.33. The Morgan fingerprint density at radius 2 is 2.38 bits per heavy atom. The number of aliphatic hydroxyl groups is 1. The summed E-state index contributed by atoms with van der Waals surface area (Å²) >= 11 is 0. The quantitative estimate of drug-likeness (QED) is 0.714. The van der Waals surface area contributed by atoms with Crippen molar-refractivity contribution in [2.45, 2.75) is 32.4 Å². The topological polar surface area (TPSA) is 58.3 Å². The van der Waals surface area contributed by atoms with E-state index in [9.17, 15) is 0 Å². The molecule has 0 aliphatic heterocycles. The van der Waals surface area contributed by atoms with Crippen LogP contribution in [0.25, 0.3) is 0 Å². The first-order valence-corrected chi connectivity index (χ1v) is 4.37. The Morgan fingerprint density at radius 1 is 1.62 bits per heavy atom. The van der Waals surface area contributed by atoms with Crippen molar-refractivity contribution < 1.29 is 9.52 Å². The van der Waals surface area contributed by atoms with Gasteiger partial charge in [-0.05, 0) is 20.3 Å². The molecular formula is C9H16N2O2. The van der Waals surface area contributed by atoms with E-state index in [2.05, 4.69) is 10.3 Å². The summed E-state index contributed by atoms with van der Waals surface area (Å²) in [5, 5.41) is 12.1. The number of aromatic nitrogens is 1. The van der Waals surface area contributed by atoms with Gasteiger partial charge in [0.15, 0.2) is 6.39 Å². The Labute approximate surface area is 78.0 Å². The zero-order valence-corrected chi connectivity index (χ0v) is 8.08. The van der Waals surface area contributed by atoms with Gasteiger partial charge in [0.1, 0.15) is 5.76 Å². The minimum Gasteiger partial charge on any atom is -0.447 e. The summed E-state index contributed by atoms with van der Waals surface area (Å²) in [4.78, 5) is 3.81. The number of hydrogen-bond acceptors (Lipinski definition) is 4. The van der Waals surface area contributed by atoms with Crippen LogP contribution in [0.1, 0.15) is 26.0 Å². The zero-order valence-electron chi connectivity index (χ0n) is 8.08. The lowest BCUT2D eigenvalue weighted by Crippen LogP contribution is -2.39. The summed E-state index contributed by atoms with van der Waals surface area (Å²) in [5.41, 5.74) is -0.0679. The number of hydrogen-bond donors (Lipinski definition) is 2. The molecule has 0 atom stereocenters. The van der Waals surface area contributed by atoms with Crippen LogP contribution in [0.5, 0.6) is 0 Å². The fourth-order valence-corrected chi connectivity index (χ4v) is 1.02. The van der Waals surface area contributed by atoms with E-state index in [0.717, 1.165) is 12.2 Å². The first kappa shape index (κ1) is 10.2. The lowest BCUT2D eigenvalue weighted by atomic mass is 10.0. The number of rotatable bonds is 5. The molecule has 0 fully saturated rings. The van der Waals surface area contributed by atoms with Crippen molar-refractivity contribution in [3.8, 4) is 0 Å².